The molecule has 148 valence electrons. The van der Waals surface area contributed by atoms with Crippen molar-refractivity contribution < 1.29 is 4.74 Å². The van der Waals surface area contributed by atoms with Crippen molar-refractivity contribution in [1.29, 1.82) is 0 Å². The normalized spacial score (nSPS) is 11.3. The number of hydrogen-bond donors (Lipinski definition) is 0. The van der Waals surface area contributed by atoms with E-state index in [9.17, 15) is 0 Å². The number of para-hydroxylation sites is 1. The van der Waals surface area contributed by atoms with Gasteiger partial charge in [0.25, 0.3) is 0 Å². The Balaban J connectivity index is 1.67. The molecule has 0 aliphatic carbocycles. The van der Waals surface area contributed by atoms with Crippen LogP contribution in [-0.4, -0.2) is 9.55 Å². The monoisotopic (exact) mass is 412 g/mol. The van der Waals surface area contributed by atoms with Gasteiger partial charge in [0, 0.05) is 34.1 Å². The Hall–Kier alpha value is -3.30. The van der Waals surface area contributed by atoms with E-state index in [0.717, 1.165) is 45.3 Å². The molecular weight excluding hydrogens is 392 g/mol. The number of rotatable bonds is 4. The molecule has 5 aromatic rings. The Labute approximate surface area is 180 Å². The fourth-order valence-electron chi connectivity index (χ4n) is 4.19. The lowest BCUT2D eigenvalue weighted by molar-refractivity contribution is 0.483. The molecule has 0 radical (unpaired) electrons. The number of pyridine rings is 1. The molecular formula is C26H21ClN2O. The van der Waals surface area contributed by atoms with Crippen molar-refractivity contribution in [3.63, 3.8) is 0 Å². The molecule has 0 aliphatic heterocycles. The second kappa shape index (κ2) is 7.51. The second-order valence-electron chi connectivity index (χ2n) is 7.33. The highest BCUT2D eigenvalue weighted by atomic mass is 35.5. The lowest BCUT2D eigenvalue weighted by atomic mass is 10.0. The van der Waals surface area contributed by atoms with E-state index >= 15 is 0 Å². The van der Waals surface area contributed by atoms with Crippen LogP contribution in [0.2, 0.25) is 5.02 Å². The number of benzene rings is 3. The zero-order valence-electron chi connectivity index (χ0n) is 16.9. The first-order chi connectivity index (χ1) is 14.7. The van der Waals surface area contributed by atoms with E-state index in [-0.39, 0.29) is 0 Å². The molecule has 0 bridgehead atoms. The van der Waals surface area contributed by atoms with Gasteiger partial charge in [-0.1, -0.05) is 41.9 Å². The summed E-state index contributed by atoms with van der Waals surface area (Å²) < 4.78 is 8.29. The van der Waals surface area contributed by atoms with Crippen molar-refractivity contribution in [3.8, 4) is 22.6 Å². The SMILES string of the molecule is CCn1c2c(-c3ccc(Oc4ccccc4)cc3)cc(Cl)cc2c2ccnc(C)c21. The van der Waals surface area contributed by atoms with Gasteiger partial charge in [-0.05, 0) is 61.9 Å². The largest absolute Gasteiger partial charge is 0.457 e. The number of fused-ring (bicyclic) bond motifs is 3. The summed E-state index contributed by atoms with van der Waals surface area (Å²) >= 11 is 6.56. The van der Waals surface area contributed by atoms with Crippen LogP contribution >= 0.6 is 11.6 Å². The van der Waals surface area contributed by atoms with Crippen molar-refractivity contribution in [3.05, 3.63) is 89.7 Å². The van der Waals surface area contributed by atoms with Gasteiger partial charge in [-0.2, -0.15) is 0 Å². The van der Waals surface area contributed by atoms with Crippen LogP contribution in [0.1, 0.15) is 12.6 Å². The fourth-order valence-corrected chi connectivity index (χ4v) is 4.41. The van der Waals surface area contributed by atoms with Crippen molar-refractivity contribution >= 4 is 33.4 Å². The first-order valence-corrected chi connectivity index (χ1v) is 10.4. The highest BCUT2D eigenvalue weighted by Crippen LogP contribution is 2.39. The van der Waals surface area contributed by atoms with Crippen molar-refractivity contribution in [1.82, 2.24) is 9.55 Å². The first kappa shape index (κ1) is 18.7. The zero-order valence-corrected chi connectivity index (χ0v) is 17.6. The minimum absolute atomic E-state index is 0.728. The summed E-state index contributed by atoms with van der Waals surface area (Å²) in [5, 5.41) is 3.07. The van der Waals surface area contributed by atoms with Gasteiger partial charge in [0.1, 0.15) is 11.5 Å². The van der Waals surface area contributed by atoms with Gasteiger partial charge in [0.05, 0.1) is 16.7 Å². The Morgan fingerprint density at radius 1 is 0.867 bits per heavy atom. The summed E-state index contributed by atoms with van der Waals surface area (Å²) in [5.74, 6) is 1.63. The van der Waals surface area contributed by atoms with E-state index in [0.29, 0.717) is 0 Å². The quantitative estimate of drug-likeness (QED) is 0.303. The first-order valence-electron chi connectivity index (χ1n) is 10.1. The smallest absolute Gasteiger partial charge is 0.127 e. The van der Waals surface area contributed by atoms with Gasteiger partial charge in [-0.15, -0.1) is 0 Å². The minimum atomic E-state index is 0.728. The topological polar surface area (TPSA) is 27.1 Å². The summed E-state index contributed by atoms with van der Waals surface area (Å²) in [6.07, 6.45) is 1.87. The predicted octanol–water partition coefficient (Wildman–Crippen LogP) is 7.63. The van der Waals surface area contributed by atoms with Crippen LogP contribution < -0.4 is 4.74 Å². The number of hydrogen-bond acceptors (Lipinski definition) is 2. The molecule has 0 saturated heterocycles. The minimum Gasteiger partial charge on any atom is -0.457 e. The lowest BCUT2D eigenvalue weighted by Crippen LogP contribution is -1.97. The molecule has 3 aromatic carbocycles. The molecule has 3 nitrogen and oxygen atoms in total. The molecule has 0 fully saturated rings. The molecule has 0 aliphatic rings. The third kappa shape index (κ3) is 3.12. The summed E-state index contributed by atoms with van der Waals surface area (Å²) in [5.41, 5.74) is 5.60. The van der Waals surface area contributed by atoms with E-state index in [4.69, 9.17) is 16.3 Å². The van der Waals surface area contributed by atoms with E-state index < -0.39 is 0 Å². The van der Waals surface area contributed by atoms with Gasteiger partial charge >= 0.3 is 0 Å². The van der Waals surface area contributed by atoms with Gasteiger partial charge in [0.2, 0.25) is 0 Å². The Kier molecular flexibility index (Phi) is 4.68. The maximum Gasteiger partial charge on any atom is 0.127 e. The predicted molar refractivity (Wildman–Crippen MR) is 125 cm³/mol. The second-order valence-corrected chi connectivity index (χ2v) is 7.76. The summed E-state index contributed by atoms with van der Waals surface area (Å²) in [6, 6.07) is 24.2. The Bertz CT molecular complexity index is 1360. The number of aromatic nitrogens is 2. The standard InChI is InChI=1S/C26H21ClN2O/c1-3-29-25-17(2)28-14-13-22(25)24-16-19(27)15-23(26(24)29)18-9-11-21(12-10-18)30-20-7-5-4-6-8-20/h4-16H,3H2,1-2H3. The molecule has 5 rings (SSSR count). The molecule has 30 heavy (non-hydrogen) atoms. The molecule has 2 aromatic heterocycles. The van der Waals surface area contributed by atoms with Crippen LogP contribution in [0.5, 0.6) is 11.5 Å². The molecule has 0 unspecified atom stereocenters. The highest BCUT2D eigenvalue weighted by Gasteiger charge is 2.17. The van der Waals surface area contributed by atoms with E-state index in [1.54, 1.807) is 0 Å². The number of nitrogens with zero attached hydrogens (tertiary/aromatic N) is 2. The van der Waals surface area contributed by atoms with E-state index in [1.807, 2.05) is 54.7 Å². The zero-order chi connectivity index (χ0) is 20.7. The lowest BCUT2D eigenvalue weighted by Gasteiger charge is -2.11. The fraction of sp³-hybridized carbons (Fsp3) is 0.115. The van der Waals surface area contributed by atoms with Crippen LogP contribution in [0.4, 0.5) is 0 Å². The molecule has 2 heterocycles. The summed E-state index contributed by atoms with van der Waals surface area (Å²) in [6.45, 7) is 5.08. The number of ether oxygens (including phenoxy) is 1. The molecule has 4 heteroatoms. The van der Waals surface area contributed by atoms with E-state index in [1.165, 1.54) is 16.4 Å². The molecule has 0 spiro atoms. The number of halogens is 1. The van der Waals surface area contributed by atoms with Crippen LogP contribution in [0, 0.1) is 6.92 Å². The van der Waals surface area contributed by atoms with Gasteiger partial charge in [-0.25, -0.2) is 0 Å². The molecule has 0 atom stereocenters. The maximum atomic E-state index is 6.56. The molecule has 0 N–H and O–H groups in total. The average Bonchev–Trinajstić information content (AvgIpc) is 3.09. The molecule has 0 saturated carbocycles. The summed E-state index contributed by atoms with van der Waals surface area (Å²) in [7, 11) is 0. The van der Waals surface area contributed by atoms with Crippen molar-refractivity contribution in [2.75, 3.05) is 0 Å². The van der Waals surface area contributed by atoms with Gasteiger partial charge < -0.3 is 9.30 Å². The van der Waals surface area contributed by atoms with Crippen LogP contribution in [-0.2, 0) is 6.54 Å². The Morgan fingerprint density at radius 2 is 1.60 bits per heavy atom. The van der Waals surface area contributed by atoms with Crippen LogP contribution in [0.3, 0.4) is 0 Å². The maximum absolute atomic E-state index is 6.56. The van der Waals surface area contributed by atoms with Crippen molar-refractivity contribution in [2.45, 2.75) is 20.4 Å². The van der Waals surface area contributed by atoms with Gasteiger partial charge in [-0.3, -0.25) is 4.98 Å². The number of aryl methyl sites for hydroxylation is 2. The van der Waals surface area contributed by atoms with E-state index in [2.05, 4.69) is 47.7 Å². The van der Waals surface area contributed by atoms with Gasteiger partial charge in [0.15, 0.2) is 0 Å². The summed E-state index contributed by atoms with van der Waals surface area (Å²) in [4.78, 5) is 4.52. The average molecular weight is 413 g/mol. The molecule has 0 amide bonds. The van der Waals surface area contributed by atoms with Crippen LogP contribution in [0.25, 0.3) is 32.9 Å². The van der Waals surface area contributed by atoms with Crippen molar-refractivity contribution in [2.24, 2.45) is 0 Å². The third-order valence-corrected chi connectivity index (χ3v) is 5.69. The van der Waals surface area contributed by atoms with Crippen LogP contribution in [0.15, 0.2) is 79.0 Å². The Morgan fingerprint density at radius 3 is 2.33 bits per heavy atom. The highest BCUT2D eigenvalue weighted by molar-refractivity contribution is 6.32. The third-order valence-electron chi connectivity index (χ3n) is 5.47.